The molecule has 148 valence electrons. The summed E-state index contributed by atoms with van der Waals surface area (Å²) >= 11 is 1.19. The van der Waals surface area contributed by atoms with Crippen LogP contribution in [0.4, 0.5) is 0 Å². The van der Waals surface area contributed by atoms with Crippen LogP contribution in [0.1, 0.15) is 24.1 Å². The molecule has 0 bridgehead atoms. The van der Waals surface area contributed by atoms with Crippen molar-refractivity contribution in [1.29, 1.82) is 0 Å². The van der Waals surface area contributed by atoms with Crippen molar-refractivity contribution in [2.75, 3.05) is 27.2 Å². The molecule has 1 atom stereocenters. The average Bonchev–Trinajstić information content (AvgIpc) is 3.19. The van der Waals surface area contributed by atoms with Crippen molar-refractivity contribution in [2.24, 2.45) is 4.99 Å². The summed E-state index contributed by atoms with van der Waals surface area (Å²) in [4.78, 5) is 4.19. The highest BCUT2D eigenvalue weighted by Gasteiger charge is 2.15. The van der Waals surface area contributed by atoms with E-state index in [-0.39, 0.29) is 12.6 Å². The van der Waals surface area contributed by atoms with E-state index in [0.717, 1.165) is 16.9 Å². The van der Waals surface area contributed by atoms with Crippen LogP contribution in [0.25, 0.3) is 0 Å². The van der Waals surface area contributed by atoms with Crippen molar-refractivity contribution in [2.45, 2.75) is 24.1 Å². The number of benzene rings is 1. The van der Waals surface area contributed by atoms with E-state index in [1.807, 2.05) is 26.0 Å². The van der Waals surface area contributed by atoms with Crippen molar-refractivity contribution in [3.05, 3.63) is 46.8 Å². The standard InChI is InChI=1S/C18H26N4O3S2/c1-13-7-8-16(25-4)15(12-13)14(2)22-18(19-3)20-9-10-21-27(23,24)17-6-5-11-26-17/h5-8,11-12,14,21H,9-10H2,1-4H3,(H2,19,20,22). The summed E-state index contributed by atoms with van der Waals surface area (Å²) in [5.41, 5.74) is 2.17. The maximum atomic E-state index is 12.1. The molecule has 2 rings (SSSR count). The van der Waals surface area contributed by atoms with Gasteiger partial charge in [-0.1, -0.05) is 23.8 Å². The minimum Gasteiger partial charge on any atom is -0.496 e. The molecule has 2 aromatic rings. The van der Waals surface area contributed by atoms with Gasteiger partial charge in [0.05, 0.1) is 13.2 Å². The maximum Gasteiger partial charge on any atom is 0.250 e. The zero-order valence-electron chi connectivity index (χ0n) is 15.9. The number of sulfonamides is 1. The fourth-order valence-electron chi connectivity index (χ4n) is 2.52. The lowest BCUT2D eigenvalue weighted by Gasteiger charge is -2.20. The second-order valence-corrected chi connectivity index (χ2v) is 8.88. The summed E-state index contributed by atoms with van der Waals surface area (Å²) in [6.45, 7) is 4.71. The number of hydrogen-bond acceptors (Lipinski definition) is 5. The Hall–Kier alpha value is -2.10. The first-order valence-corrected chi connectivity index (χ1v) is 10.9. The number of thiophene rings is 1. The van der Waals surface area contributed by atoms with Crippen LogP contribution in [-0.2, 0) is 10.0 Å². The molecule has 0 fully saturated rings. The van der Waals surface area contributed by atoms with E-state index in [1.54, 1.807) is 31.7 Å². The summed E-state index contributed by atoms with van der Waals surface area (Å²) in [7, 11) is -0.131. The number of methoxy groups -OCH3 is 1. The van der Waals surface area contributed by atoms with Crippen LogP contribution < -0.4 is 20.1 Å². The Labute approximate surface area is 164 Å². The first kappa shape index (κ1) is 21.2. The minimum absolute atomic E-state index is 0.0335. The number of guanidine groups is 1. The molecule has 1 heterocycles. The van der Waals surface area contributed by atoms with Crippen LogP contribution >= 0.6 is 11.3 Å². The fourth-order valence-corrected chi connectivity index (χ4v) is 4.59. The maximum absolute atomic E-state index is 12.1. The topological polar surface area (TPSA) is 91.8 Å². The van der Waals surface area contributed by atoms with Crippen molar-refractivity contribution < 1.29 is 13.2 Å². The lowest BCUT2D eigenvalue weighted by atomic mass is 10.0. The van der Waals surface area contributed by atoms with Gasteiger partial charge in [-0.05, 0) is 31.4 Å². The van der Waals surface area contributed by atoms with Gasteiger partial charge in [-0.15, -0.1) is 11.3 Å². The van der Waals surface area contributed by atoms with Crippen LogP contribution in [-0.4, -0.2) is 41.6 Å². The molecule has 0 saturated heterocycles. The van der Waals surface area contributed by atoms with Crippen molar-refractivity contribution in [3.8, 4) is 5.75 Å². The molecule has 3 N–H and O–H groups in total. The Morgan fingerprint density at radius 3 is 2.70 bits per heavy atom. The number of ether oxygens (including phenoxy) is 1. The molecule has 0 spiro atoms. The molecule has 0 aliphatic heterocycles. The smallest absolute Gasteiger partial charge is 0.250 e. The highest BCUT2D eigenvalue weighted by Crippen LogP contribution is 2.25. The van der Waals surface area contributed by atoms with Gasteiger partial charge in [-0.3, -0.25) is 4.99 Å². The Balaban J connectivity index is 1.88. The summed E-state index contributed by atoms with van der Waals surface area (Å²) in [5, 5.41) is 8.14. The van der Waals surface area contributed by atoms with E-state index >= 15 is 0 Å². The highest BCUT2D eigenvalue weighted by molar-refractivity contribution is 7.91. The molecule has 9 heteroatoms. The summed E-state index contributed by atoms with van der Waals surface area (Å²) in [6.07, 6.45) is 0. The van der Waals surface area contributed by atoms with Crippen molar-refractivity contribution in [3.63, 3.8) is 0 Å². The number of nitrogens with zero attached hydrogens (tertiary/aromatic N) is 1. The first-order valence-electron chi connectivity index (χ1n) is 8.52. The number of aliphatic imine (C=N–C) groups is 1. The number of nitrogens with one attached hydrogen (secondary N) is 3. The molecule has 0 saturated carbocycles. The third kappa shape index (κ3) is 5.95. The zero-order chi connectivity index (χ0) is 19.9. The van der Waals surface area contributed by atoms with E-state index in [1.165, 1.54) is 11.3 Å². The minimum atomic E-state index is -3.45. The van der Waals surface area contributed by atoms with Gasteiger partial charge >= 0.3 is 0 Å². The fraction of sp³-hybridized carbons (Fsp3) is 0.389. The van der Waals surface area contributed by atoms with Gasteiger partial charge in [0, 0.05) is 25.7 Å². The van der Waals surface area contributed by atoms with Gasteiger partial charge < -0.3 is 15.4 Å². The predicted octanol–water partition coefficient (Wildman–Crippen LogP) is 2.27. The van der Waals surface area contributed by atoms with E-state index in [2.05, 4.69) is 26.4 Å². The van der Waals surface area contributed by atoms with E-state index in [0.29, 0.717) is 16.7 Å². The quantitative estimate of drug-likeness (QED) is 0.353. The van der Waals surface area contributed by atoms with Gasteiger partial charge in [-0.2, -0.15) is 0 Å². The van der Waals surface area contributed by atoms with Crippen LogP contribution in [0.15, 0.2) is 44.9 Å². The van der Waals surface area contributed by atoms with Gasteiger partial charge in [0.2, 0.25) is 10.0 Å². The highest BCUT2D eigenvalue weighted by atomic mass is 32.2. The van der Waals surface area contributed by atoms with E-state index in [4.69, 9.17) is 4.74 Å². The second kappa shape index (κ2) is 9.72. The molecule has 0 aliphatic rings. The van der Waals surface area contributed by atoms with Crippen LogP contribution in [0.2, 0.25) is 0 Å². The summed E-state index contributed by atoms with van der Waals surface area (Å²) in [5.74, 6) is 1.39. The number of rotatable bonds is 8. The molecule has 0 aliphatic carbocycles. The van der Waals surface area contributed by atoms with Crippen LogP contribution in [0, 0.1) is 6.92 Å². The molecule has 0 amide bonds. The molecule has 1 aromatic heterocycles. The van der Waals surface area contributed by atoms with Gasteiger partial charge in [-0.25, -0.2) is 13.1 Å². The third-order valence-electron chi connectivity index (χ3n) is 3.90. The number of aryl methyl sites for hydroxylation is 1. The first-order chi connectivity index (χ1) is 12.9. The molecule has 1 unspecified atom stereocenters. The van der Waals surface area contributed by atoms with E-state index in [9.17, 15) is 8.42 Å². The van der Waals surface area contributed by atoms with Crippen molar-refractivity contribution >= 4 is 27.3 Å². The molecular formula is C18H26N4O3S2. The van der Waals surface area contributed by atoms with E-state index < -0.39 is 10.0 Å². The summed E-state index contributed by atoms with van der Waals surface area (Å²) < 4.78 is 32.5. The monoisotopic (exact) mass is 410 g/mol. The van der Waals surface area contributed by atoms with Gasteiger partial charge in [0.15, 0.2) is 5.96 Å². The molecule has 1 aromatic carbocycles. The second-order valence-electron chi connectivity index (χ2n) is 5.94. The SMILES string of the molecule is CN=C(NCCNS(=O)(=O)c1cccs1)NC(C)c1cc(C)ccc1OC. The molecule has 7 nitrogen and oxygen atoms in total. The number of hydrogen-bond donors (Lipinski definition) is 3. The lowest BCUT2D eigenvalue weighted by Crippen LogP contribution is -2.42. The van der Waals surface area contributed by atoms with Crippen LogP contribution in [0.5, 0.6) is 5.75 Å². The predicted molar refractivity (Wildman–Crippen MR) is 110 cm³/mol. The Bertz CT molecular complexity index is 865. The molecule has 0 radical (unpaired) electrons. The molecule has 27 heavy (non-hydrogen) atoms. The largest absolute Gasteiger partial charge is 0.496 e. The summed E-state index contributed by atoms with van der Waals surface area (Å²) in [6, 6.07) is 9.27. The van der Waals surface area contributed by atoms with Crippen molar-refractivity contribution in [1.82, 2.24) is 15.4 Å². The lowest BCUT2D eigenvalue weighted by molar-refractivity contribution is 0.405. The van der Waals surface area contributed by atoms with Crippen LogP contribution in [0.3, 0.4) is 0 Å². The zero-order valence-corrected chi connectivity index (χ0v) is 17.6. The normalized spacial score (nSPS) is 13.3. The Kier molecular flexibility index (Phi) is 7.64. The van der Waals surface area contributed by atoms with Gasteiger partial charge in [0.25, 0.3) is 0 Å². The Morgan fingerprint density at radius 1 is 1.30 bits per heavy atom. The Morgan fingerprint density at radius 2 is 2.07 bits per heavy atom. The molecular weight excluding hydrogens is 384 g/mol. The third-order valence-corrected chi connectivity index (χ3v) is 6.76. The van der Waals surface area contributed by atoms with Gasteiger partial charge in [0.1, 0.15) is 9.96 Å². The average molecular weight is 411 g/mol.